The number of ether oxygens (including phenoxy) is 3. The van der Waals surface area contributed by atoms with Crippen molar-refractivity contribution in [3.05, 3.63) is 12.3 Å². The van der Waals surface area contributed by atoms with Crippen molar-refractivity contribution < 1.29 is 23.8 Å². The highest BCUT2D eigenvalue weighted by Crippen LogP contribution is 2.70. The van der Waals surface area contributed by atoms with Crippen LogP contribution in [-0.2, 0) is 23.8 Å². The fraction of sp³-hybridized carbons (Fsp3) is 0.875. The van der Waals surface area contributed by atoms with Gasteiger partial charge in [-0.1, -0.05) is 27.7 Å². The van der Waals surface area contributed by atoms with Crippen LogP contribution in [0.2, 0.25) is 0 Å². The second-order valence-corrected chi connectivity index (χ2v) is 13.4. The van der Waals surface area contributed by atoms with Gasteiger partial charge in [-0.2, -0.15) is 0 Å². The van der Waals surface area contributed by atoms with Crippen LogP contribution in [0.3, 0.4) is 0 Å². The Bertz CT molecular complexity index is 852. The van der Waals surface area contributed by atoms with Crippen molar-refractivity contribution in [2.24, 2.45) is 52.3 Å². The van der Waals surface area contributed by atoms with Gasteiger partial charge in [-0.15, -0.1) is 0 Å². The third-order valence-electron chi connectivity index (χ3n) is 11.8. The van der Waals surface area contributed by atoms with Crippen molar-refractivity contribution in [2.75, 3.05) is 7.11 Å². The molecule has 0 heterocycles. The lowest BCUT2D eigenvalue weighted by Crippen LogP contribution is -2.63. The van der Waals surface area contributed by atoms with E-state index in [-0.39, 0.29) is 29.6 Å². The van der Waals surface area contributed by atoms with Gasteiger partial charge in [0.05, 0.1) is 13.4 Å². The smallest absolute Gasteiger partial charge is 0.302 e. The molecule has 0 amide bonds. The van der Waals surface area contributed by atoms with E-state index in [0.29, 0.717) is 40.9 Å². The Hall–Kier alpha value is -1.52. The van der Waals surface area contributed by atoms with Gasteiger partial charge in [0.25, 0.3) is 0 Å². The van der Waals surface area contributed by atoms with Crippen molar-refractivity contribution in [1.29, 1.82) is 0 Å². The molecule has 37 heavy (non-hydrogen) atoms. The summed E-state index contributed by atoms with van der Waals surface area (Å²) in [7, 11) is 1.71. The van der Waals surface area contributed by atoms with Crippen LogP contribution >= 0.6 is 0 Å². The minimum atomic E-state index is -0.177. The molecule has 4 rings (SSSR count). The molecular formula is C32H52O5. The Morgan fingerprint density at radius 3 is 2.27 bits per heavy atom. The molecular weight excluding hydrogens is 464 g/mol. The van der Waals surface area contributed by atoms with E-state index < -0.39 is 0 Å². The average Bonchev–Trinajstić information content (AvgIpc) is 3.19. The molecule has 0 aromatic heterocycles. The van der Waals surface area contributed by atoms with Crippen LogP contribution in [0.1, 0.15) is 106 Å². The summed E-state index contributed by atoms with van der Waals surface area (Å²) in [5.74, 6) is 3.44. The van der Waals surface area contributed by atoms with Gasteiger partial charge in [0, 0.05) is 19.8 Å². The molecule has 5 nitrogen and oxygen atoms in total. The Morgan fingerprint density at radius 2 is 1.62 bits per heavy atom. The zero-order valence-electron chi connectivity index (χ0n) is 24.5. The predicted octanol–water partition coefficient (Wildman–Crippen LogP) is 7.33. The molecule has 0 bridgehead atoms. The first-order valence-electron chi connectivity index (χ1n) is 15.1. The maximum Gasteiger partial charge on any atom is 0.302 e. The van der Waals surface area contributed by atoms with Crippen molar-refractivity contribution >= 4 is 11.9 Å². The van der Waals surface area contributed by atoms with Crippen molar-refractivity contribution in [3.8, 4) is 0 Å². The number of allylic oxidation sites excluding steroid dienone is 1. The third-order valence-corrected chi connectivity index (χ3v) is 11.8. The van der Waals surface area contributed by atoms with Gasteiger partial charge >= 0.3 is 11.9 Å². The predicted molar refractivity (Wildman–Crippen MR) is 145 cm³/mol. The molecule has 0 aromatic rings. The number of methoxy groups -OCH3 is 1. The normalized spacial score (nSPS) is 43.9. The zero-order valence-corrected chi connectivity index (χ0v) is 24.5. The summed E-state index contributed by atoms with van der Waals surface area (Å²) in [5, 5.41) is 0. The summed E-state index contributed by atoms with van der Waals surface area (Å²) in [6.07, 6.45) is 15.2. The third kappa shape index (κ3) is 5.22. The van der Waals surface area contributed by atoms with Crippen molar-refractivity contribution in [2.45, 2.75) is 118 Å². The van der Waals surface area contributed by atoms with E-state index in [4.69, 9.17) is 14.2 Å². The number of hydrogen-bond donors (Lipinski definition) is 0. The minimum absolute atomic E-state index is 0.00289. The molecule has 5 unspecified atom stereocenters. The number of carbonyl (C=O) groups excluding carboxylic acids is 2. The molecule has 4 fully saturated rings. The van der Waals surface area contributed by atoms with Gasteiger partial charge in [0.1, 0.15) is 12.2 Å². The Kier molecular flexibility index (Phi) is 8.70. The first kappa shape index (κ1) is 28.5. The molecule has 0 aliphatic heterocycles. The highest BCUT2D eigenvalue weighted by atomic mass is 16.5. The molecule has 4 aliphatic rings. The van der Waals surface area contributed by atoms with Crippen LogP contribution in [0.15, 0.2) is 12.3 Å². The first-order valence-corrected chi connectivity index (χ1v) is 15.1. The molecule has 0 N–H and O–H groups in total. The van der Waals surface area contributed by atoms with Crippen LogP contribution in [0.4, 0.5) is 0 Å². The number of rotatable bonds is 8. The van der Waals surface area contributed by atoms with Crippen LogP contribution in [-0.4, -0.2) is 31.3 Å². The number of esters is 2. The van der Waals surface area contributed by atoms with Crippen LogP contribution in [0.5, 0.6) is 0 Å². The fourth-order valence-corrected chi connectivity index (χ4v) is 10.3. The topological polar surface area (TPSA) is 61.8 Å². The lowest BCUT2D eigenvalue weighted by atomic mass is 9.41. The summed E-state index contributed by atoms with van der Waals surface area (Å²) in [6, 6.07) is 0. The maximum absolute atomic E-state index is 12.5. The summed E-state index contributed by atoms with van der Waals surface area (Å²) < 4.78 is 17.2. The molecule has 11 atom stereocenters. The summed E-state index contributed by atoms with van der Waals surface area (Å²) >= 11 is 0. The van der Waals surface area contributed by atoms with E-state index >= 15 is 0 Å². The summed E-state index contributed by atoms with van der Waals surface area (Å²) in [5.41, 5.74) is 0.523. The van der Waals surface area contributed by atoms with E-state index in [2.05, 4.69) is 33.8 Å². The quantitative estimate of drug-likeness (QED) is 0.250. The monoisotopic (exact) mass is 516 g/mol. The Morgan fingerprint density at radius 1 is 0.946 bits per heavy atom. The van der Waals surface area contributed by atoms with Crippen molar-refractivity contribution in [3.63, 3.8) is 0 Å². The molecule has 0 radical (unpaired) electrons. The van der Waals surface area contributed by atoms with Gasteiger partial charge in [0.15, 0.2) is 0 Å². The fourth-order valence-electron chi connectivity index (χ4n) is 10.3. The van der Waals surface area contributed by atoms with Gasteiger partial charge in [0.2, 0.25) is 0 Å². The Balaban J connectivity index is 1.64. The summed E-state index contributed by atoms with van der Waals surface area (Å²) in [4.78, 5) is 24.3. The largest absolute Gasteiger partial charge is 0.505 e. The van der Waals surface area contributed by atoms with Gasteiger partial charge in [-0.3, -0.25) is 9.59 Å². The van der Waals surface area contributed by atoms with E-state index in [1.807, 2.05) is 0 Å². The SMILES string of the molecule is CC[C@@H]1C2C[C@H](OC(C)=O)CCC2(C)[C@H]2CCC3(C)C([C@H](C)CC/C=C/OC)CC[C@H]3C2[C@@H]1OC(C)=O. The van der Waals surface area contributed by atoms with Crippen LogP contribution in [0.25, 0.3) is 0 Å². The van der Waals surface area contributed by atoms with Crippen LogP contribution in [0, 0.1) is 52.3 Å². The second kappa shape index (κ2) is 11.3. The highest BCUT2D eigenvalue weighted by Gasteiger charge is 2.66. The number of carbonyl (C=O) groups is 2. The van der Waals surface area contributed by atoms with Crippen molar-refractivity contribution in [1.82, 2.24) is 0 Å². The van der Waals surface area contributed by atoms with E-state index in [0.717, 1.165) is 38.0 Å². The number of fused-ring (bicyclic) bond motifs is 5. The molecule has 0 aromatic carbocycles. The minimum Gasteiger partial charge on any atom is -0.505 e. The lowest BCUT2D eigenvalue weighted by Gasteiger charge is -2.65. The standard InChI is InChI=1S/C32H52O5/c1-8-24-28-19-23(36-21(3)33)14-16-32(28,6)27-15-17-31(5)25(20(2)11-9-10-18-35-7)12-13-26(31)29(27)30(24)37-22(4)34/h10,18,20,23-30H,8-9,11-17,19H2,1-7H3/b18-10+/t20-,23-,24-,25?,26+,27+,28?,29?,30-,31?,32?/m1/s1. The average molecular weight is 517 g/mol. The molecule has 4 saturated carbocycles. The summed E-state index contributed by atoms with van der Waals surface area (Å²) in [6.45, 7) is 12.9. The first-order chi connectivity index (χ1) is 17.6. The Labute approximate surface area is 225 Å². The maximum atomic E-state index is 12.5. The molecule has 0 spiro atoms. The van der Waals surface area contributed by atoms with Gasteiger partial charge in [-0.25, -0.2) is 0 Å². The molecule has 210 valence electrons. The lowest BCUT2D eigenvalue weighted by molar-refractivity contribution is -0.219. The van der Waals surface area contributed by atoms with Gasteiger partial charge < -0.3 is 14.2 Å². The van der Waals surface area contributed by atoms with E-state index in [1.165, 1.54) is 39.0 Å². The molecule has 4 aliphatic carbocycles. The van der Waals surface area contributed by atoms with Crippen LogP contribution < -0.4 is 0 Å². The van der Waals surface area contributed by atoms with Gasteiger partial charge in [-0.05, 0) is 117 Å². The number of hydrogen-bond acceptors (Lipinski definition) is 5. The van der Waals surface area contributed by atoms with E-state index in [9.17, 15) is 9.59 Å². The molecule has 0 saturated heterocycles. The van der Waals surface area contributed by atoms with E-state index in [1.54, 1.807) is 20.3 Å². The zero-order chi connectivity index (χ0) is 27.0. The second-order valence-electron chi connectivity index (χ2n) is 13.4. The molecule has 5 heteroatoms. The highest BCUT2D eigenvalue weighted by molar-refractivity contribution is 5.66.